The molecular weight excluding hydrogens is 474 g/mol. The highest BCUT2D eigenvalue weighted by molar-refractivity contribution is 7.89. The van der Waals surface area contributed by atoms with Gasteiger partial charge in [-0.05, 0) is 36.4 Å². The molecule has 0 aromatic heterocycles. The predicted molar refractivity (Wildman–Crippen MR) is 117 cm³/mol. The molecule has 1 aliphatic heterocycles. The number of ether oxygens (including phenoxy) is 2. The van der Waals surface area contributed by atoms with E-state index in [1.54, 1.807) is 6.07 Å². The Kier molecular flexibility index (Phi) is 7.31. The molecular formula is C20H23N3O8S2. The monoisotopic (exact) mass is 497 g/mol. The quantitative estimate of drug-likeness (QED) is 0.383. The van der Waals surface area contributed by atoms with Gasteiger partial charge < -0.3 is 9.47 Å². The molecule has 0 radical (unpaired) electrons. The zero-order chi connectivity index (χ0) is 24.4. The van der Waals surface area contributed by atoms with Crippen LogP contribution in [-0.4, -0.2) is 66.1 Å². The van der Waals surface area contributed by atoms with Crippen molar-refractivity contribution in [2.24, 2.45) is 5.14 Å². The molecule has 1 heterocycles. The third-order valence-electron chi connectivity index (χ3n) is 5.10. The lowest BCUT2D eigenvalue weighted by molar-refractivity contribution is -0.125. The summed E-state index contributed by atoms with van der Waals surface area (Å²) in [6, 6.07) is 10.9. The number of nitrogens with zero attached hydrogens (tertiary/aromatic N) is 2. The van der Waals surface area contributed by atoms with Crippen LogP contribution in [-0.2, 0) is 39.1 Å². The fraction of sp³-hybridized carbons (Fsp3) is 0.300. The van der Waals surface area contributed by atoms with E-state index >= 15 is 0 Å². The molecule has 1 fully saturated rings. The van der Waals surface area contributed by atoms with Gasteiger partial charge in [0.2, 0.25) is 26.0 Å². The van der Waals surface area contributed by atoms with Gasteiger partial charge in [0, 0.05) is 14.2 Å². The van der Waals surface area contributed by atoms with Crippen molar-refractivity contribution in [1.29, 1.82) is 0 Å². The van der Waals surface area contributed by atoms with Gasteiger partial charge in [0.1, 0.15) is 6.04 Å². The number of carbonyl (C=O) groups excluding carboxylic acids is 2. The third kappa shape index (κ3) is 5.13. The molecule has 0 spiro atoms. The predicted octanol–water partition coefficient (Wildman–Crippen LogP) is 0.276. The van der Waals surface area contributed by atoms with E-state index in [4.69, 9.17) is 14.6 Å². The molecule has 1 saturated heterocycles. The number of imide groups is 1. The molecule has 33 heavy (non-hydrogen) atoms. The zero-order valence-corrected chi connectivity index (χ0v) is 19.5. The van der Waals surface area contributed by atoms with Crippen LogP contribution in [0, 0.1) is 0 Å². The Morgan fingerprint density at radius 2 is 1.55 bits per heavy atom. The van der Waals surface area contributed by atoms with Gasteiger partial charge in [-0.2, -0.15) is 4.31 Å². The van der Waals surface area contributed by atoms with Crippen molar-refractivity contribution in [3.63, 3.8) is 0 Å². The molecule has 178 valence electrons. The van der Waals surface area contributed by atoms with Crippen LogP contribution in [0.2, 0.25) is 0 Å². The number of anilines is 1. The van der Waals surface area contributed by atoms with Crippen LogP contribution >= 0.6 is 0 Å². The lowest BCUT2D eigenvalue weighted by Gasteiger charge is -2.29. The van der Waals surface area contributed by atoms with E-state index in [2.05, 4.69) is 0 Å². The fourth-order valence-corrected chi connectivity index (χ4v) is 5.51. The minimum Gasteiger partial charge on any atom is -0.354 e. The fourth-order valence-electron chi connectivity index (χ4n) is 3.41. The van der Waals surface area contributed by atoms with E-state index in [9.17, 15) is 26.4 Å². The summed E-state index contributed by atoms with van der Waals surface area (Å²) >= 11 is 0. The first-order chi connectivity index (χ1) is 15.5. The number of methoxy groups -OCH3 is 2. The first-order valence-corrected chi connectivity index (χ1v) is 12.6. The summed E-state index contributed by atoms with van der Waals surface area (Å²) in [5.41, 5.74) is 0.0898. The molecule has 13 heteroatoms. The molecule has 3 rings (SSSR count). The number of amides is 2. The van der Waals surface area contributed by atoms with E-state index in [-0.39, 0.29) is 22.0 Å². The smallest absolute Gasteiger partial charge is 0.252 e. The second kappa shape index (κ2) is 9.67. The first-order valence-electron chi connectivity index (χ1n) is 9.63. The maximum Gasteiger partial charge on any atom is 0.252 e. The van der Waals surface area contributed by atoms with E-state index in [1.807, 2.05) is 0 Å². The highest BCUT2D eigenvalue weighted by Crippen LogP contribution is 2.30. The van der Waals surface area contributed by atoms with E-state index in [0.717, 1.165) is 21.3 Å². The molecule has 0 saturated carbocycles. The summed E-state index contributed by atoms with van der Waals surface area (Å²) in [7, 11) is -5.53. The van der Waals surface area contributed by atoms with Crippen LogP contribution in [0.25, 0.3) is 0 Å². The number of hydrogen-bond acceptors (Lipinski definition) is 8. The highest BCUT2D eigenvalue weighted by atomic mass is 32.2. The van der Waals surface area contributed by atoms with Gasteiger partial charge in [-0.3, -0.25) is 9.59 Å². The van der Waals surface area contributed by atoms with Crippen molar-refractivity contribution < 1.29 is 35.9 Å². The summed E-state index contributed by atoms with van der Waals surface area (Å²) in [6.45, 7) is -0.341. The van der Waals surface area contributed by atoms with Gasteiger partial charge in [-0.15, -0.1) is 0 Å². The Balaban J connectivity index is 1.99. The summed E-state index contributed by atoms with van der Waals surface area (Å²) in [4.78, 5) is 26.6. The Hall–Kier alpha value is -2.68. The molecule has 1 aliphatic rings. The van der Waals surface area contributed by atoms with E-state index < -0.39 is 50.6 Å². The van der Waals surface area contributed by atoms with Crippen LogP contribution in [0.15, 0.2) is 64.4 Å². The van der Waals surface area contributed by atoms with Crippen molar-refractivity contribution in [2.75, 3.05) is 25.7 Å². The van der Waals surface area contributed by atoms with Gasteiger partial charge in [-0.25, -0.2) is 26.9 Å². The summed E-state index contributed by atoms with van der Waals surface area (Å²) in [5, 5.41) is 5.08. The largest absolute Gasteiger partial charge is 0.354 e. The van der Waals surface area contributed by atoms with Gasteiger partial charge in [0.05, 0.1) is 28.4 Å². The SMILES string of the molecule is COC(CN(C1CC(=O)N(c2ccc(S(N)(=O)=O)cc2)C1=O)S(=O)(=O)c1ccccc1)OC. The molecule has 1 unspecified atom stereocenters. The summed E-state index contributed by atoms with van der Waals surface area (Å²) in [6.07, 6.45) is -1.41. The molecule has 0 bridgehead atoms. The number of nitrogens with two attached hydrogens (primary N) is 1. The van der Waals surface area contributed by atoms with E-state index in [1.165, 1.54) is 50.6 Å². The van der Waals surface area contributed by atoms with Crippen LogP contribution in [0.1, 0.15) is 6.42 Å². The van der Waals surface area contributed by atoms with Crippen LogP contribution < -0.4 is 10.0 Å². The number of hydrogen-bond donors (Lipinski definition) is 1. The highest BCUT2D eigenvalue weighted by Gasteiger charge is 2.47. The molecule has 1 atom stereocenters. The standard InChI is InChI=1S/C20H23N3O8S2/c1-30-19(31-2)13-22(33(28,29)16-6-4-3-5-7-16)17-12-18(24)23(20(17)25)14-8-10-15(11-9-14)32(21,26)27/h3-11,17,19H,12-13H2,1-2H3,(H2,21,26,27). The Labute approximate surface area is 191 Å². The van der Waals surface area contributed by atoms with Gasteiger partial charge in [0.15, 0.2) is 6.29 Å². The van der Waals surface area contributed by atoms with Crippen LogP contribution in [0.4, 0.5) is 5.69 Å². The van der Waals surface area contributed by atoms with Crippen molar-refractivity contribution in [3.8, 4) is 0 Å². The second-order valence-corrected chi connectivity index (χ2v) is 10.6. The maximum absolute atomic E-state index is 13.4. The Bertz CT molecular complexity index is 1230. The second-order valence-electron chi connectivity index (χ2n) is 7.11. The minimum absolute atomic E-state index is 0.0628. The van der Waals surface area contributed by atoms with Crippen molar-refractivity contribution >= 4 is 37.5 Å². The molecule has 2 aromatic carbocycles. The number of rotatable bonds is 9. The Morgan fingerprint density at radius 3 is 2.06 bits per heavy atom. The molecule has 2 N–H and O–H groups in total. The minimum atomic E-state index is -4.21. The average molecular weight is 498 g/mol. The summed E-state index contributed by atoms with van der Waals surface area (Å²) < 4.78 is 60.9. The zero-order valence-electron chi connectivity index (χ0n) is 17.8. The normalized spacial score (nSPS) is 17.4. The lowest BCUT2D eigenvalue weighted by Crippen LogP contribution is -2.49. The van der Waals surface area contributed by atoms with E-state index in [0.29, 0.717) is 0 Å². The molecule has 11 nitrogen and oxygen atoms in total. The lowest BCUT2D eigenvalue weighted by atomic mass is 10.2. The number of benzene rings is 2. The first kappa shape index (κ1) is 25.0. The van der Waals surface area contributed by atoms with Gasteiger partial charge in [0.25, 0.3) is 5.91 Å². The third-order valence-corrected chi connectivity index (χ3v) is 7.92. The maximum atomic E-state index is 13.4. The van der Waals surface area contributed by atoms with Crippen LogP contribution in [0.3, 0.4) is 0 Å². The summed E-state index contributed by atoms with van der Waals surface area (Å²) in [5.74, 6) is -1.43. The van der Waals surface area contributed by atoms with Crippen molar-refractivity contribution in [2.45, 2.75) is 28.5 Å². The average Bonchev–Trinajstić information content (AvgIpc) is 3.08. The number of sulfonamides is 2. The van der Waals surface area contributed by atoms with Crippen molar-refractivity contribution in [3.05, 3.63) is 54.6 Å². The van der Waals surface area contributed by atoms with Crippen LogP contribution in [0.5, 0.6) is 0 Å². The number of carbonyl (C=O) groups is 2. The van der Waals surface area contributed by atoms with Crippen molar-refractivity contribution in [1.82, 2.24) is 4.31 Å². The topological polar surface area (TPSA) is 153 Å². The molecule has 2 aromatic rings. The number of primary sulfonamides is 1. The van der Waals surface area contributed by atoms with Gasteiger partial charge in [-0.1, -0.05) is 18.2 Å². The van der Waals surface area contributed by atoms with Gasteiger partial charge >= 0.3 is 0 Å². The molecule has 0 aliphatic carbocycles. The Morgan fingerprint density at radius 1 is 0.970 bits per heavy atom. The molecule has 2 amide bonds.